The van der Waals surface area contributed by atoms with E-state index in [4.69, 9.17) is 4.74 Å². The molecule has 0 saturated carbocycles. The van der Waals surface area contributed by atoms with Crippen LogP contribution in [0, 0.1) is 0 Å². The second kappa shape index (κ2) is 8.11. The molecular formula is C14H23N3O4S. The lowest BCUT2D eigenvalue weighted by atomic mass is 10.3. The zero-order valence-electron chi connectivity index (χ0n) is 13.3. The summed E-state index contributed by atoms with van der Waals surface area (Å²) in [6, 6.07) is 6.66. The molecule has 22 heavy (non-hydrogen) atoms. The van der Waals surface area contributed by atoms with E-state index < -0.39 is 16.1 Å². The highest BCUT2D eigenvalue weighted by Gasteiger charge is 2.20. The maximum Gasteiger partial charge on any atom is 0.279 e. The molecule has 1 amide bonds. The Balaban J connectivity index is 2.53. The molecule has 0 fully saturated rings. The van der Waals surface area contributed by atoms with Crippen molar-refractivity contribution in [1.82, 2.24) is 9.03 Å². The molecule has 1 aromatic carbocycles. The molecule has 124 valence electrons. The zero-order chi connectivity index (χ0) is 16.8. The second-order valence-electron chi connectivity index (χ2n) is 4.94. The molecule has 1 aromatic rings. The van der Waals surface area contributed by atoms with Crippen molar-refractivity contribution >= 4 is 21.8 Å². The van der Waals surface area contributed by atoms with Crippen LogP contribution in [-0.2, 0) is 15.0 Å². The third-order valence-corrected chi connectivity index (χ3v) is 4.66. The van der Waals surface area contributed by atoms with Gasteiger partial charge in [0.2, 0.25) is 5.91 Å². The first kappa shape index (κ1) is 18.4. The number of ether oxygens (including phenoxy) is 1. The third kappa shape index (κ3) is 5.63. The third-order valence-electron chi connectivity index (χ3n) is 2.97. The van der Waals surface area contributed by atoms with Crippen LogP contribution in [0.1, 0.15) is 20.8 Å². The fourth-order valence-corrected chi connectivity index (χ4v) is 2.61. The van der Waals surface area contributed by atoms with Crippen LogP contribution < -0.4 is 14.8 Å². The summed E-state index contributed by atoms with van der Waals surface area (Å²) < 4.78 is 32.4. The van der Waals surface area contributed by atoms with Crippen LogP contribution in [0.3, 0.4) is 0 Å². The Bertz CT molecular complexity index is 585. The van der Waals surface area contributed by atoms with Gasteiger partial charge in [-0.05, 0) is 45.0 Å². The number of nitrogens with zero attached hydrogens (tertiary/aromatic N) is 1. The van der Waals surface area contributed by atoms with Crippen molar-refractivity contribution in [3.05, 3.63) is 24.3 Å². The van der Waals surface area contributed by atoms with Gasteiger partial charge in [0.15, 0.2) is 0 Å². The molecular weight excluding hydrogens is 306 g/mol. The molecule has 0 spiro atoms. The Morgan fingerprint density at radius 2 is 1.86 bits per heavy atom. The molecule has 0 heterocycles. The van der Waals surface area contributed by atoms with Crippen LogP contribution in [0.15, 0.2) is 24.3 Å². The van der Waals surface area contributed by atoms with Gasteiger partial charge >= 0.3 is 0 Å². The molecule has 0 saturated heterocycles. The van der Waals surface area contributed by atoms with Crippen molar-refractivity contribution in [2.24, 2.45) is 0 Å². The number of rotatable bonds is 8. The smallest absolute Gasteiger partial charge is 0.279 e. The average molecular weight is 329 g/mol. The van der Waals surface area contributed by atoms with E-state index in [0.29, 0.717) is 18.0 Å². The summed E-state index contributed by atoms with van der Waals surface area (Å²) in [5, 5.41) is 2.61. The number of carbonyl (C=O) groups excluding carboxylic acids is 1. The van der Waals surface area contributed by atoms with Gasteiger partial charge in [0.25, 0.3) is 10.2 Å². The van der Waals surface area contributed by atoms with E-state index in [1.54, 1.807) is 38.1 Å². The van der Waals surface area contributed by atoms with Crippen molar-refractivity contribution in [2.45, 2.75) is 26.8 Å². The van der Waals surface area contributed by atoms with Gasteiger partial charge in [-0.3, -0.25) is 4.79 Å². The Morgan fingerprint density at radius 3 is 2.36 bits per heavy atom. The second-order valence-corrected chi connectivity index (χ2v) is 6.76. The van der Waals surface area contributed by atoms with E-state index >= 15 is 0 Å². The predicted octanol–water partition coefficient (Wildman–Crippen LogP) is 1.20. The van der Waals surface area contributed by atoms with Crippen LogP contribution in [0.2, 0.25) is 0 Å². The number of benzene rings is 1. The summed E-state index contributed by atoms with van der Waals surface area (Å²) >= 11 is 0. The van der Waals surface area contributed by atoms with Crippen molar-refractivity contribution in [3.8, 4) is 5.75 Å². The van der Waals surface area contributed by atoms with Crippen molar-refractivity contribution in [1.29, 1.82) is 0 Å². The van der Waals surface area contributed by atoms with E-state index in [1.165, 1.54) is 7.05 Å². The number of amides is 1. The topological polar surface area (TPSA) is 87.7 Å². The van der Waals surface area contributed by atoms with Gasteiger partial charge in [-0.2, -0.15) is 17.4 Å². The Hall–Kier alpha value is -1.64. The standard InChI is InChI=1S/C14H23N3O4S/c1-5-21-13-8-6-12(7-9-13)16-14(18)10-15-22(19,20)17(4)11(2)3/h6-9,11,15H,5,10H2,1-4H3,(H,16,18). The first-order chi connectivity index (χ1) is 10.3. The highest BCUT2D eigenvalue weighted by molar-refractivity contribution is 7.87. The van der Waals surface area contributed by atoms with E-state index in [2.05, 4.69) is 10.0 Å². The lowest BCUT2D eigenvalue weighted by Gasteiger charge is -2.20. The summed E-state index contributed by atoms with van der Waals surface area (Å²) in [5.74, 6) is 0.268. The molecule has 0 aliphatic carbocycles. The van der Waals surface area contributed by atoms with Gasteiger partial charge in [-0.15, -0.1) is 0 Å². The summed E-state index contributed by atoms with van der Waals surface area (Å²) in [6.45, 7) is 5.62. The fraction of sp³-hybridized carbons (Fsp3) is 0.500. The minimum atomic E-state index is -3.66. The van der Waals surface area contributed by atoms with Crippen LogP contribution in [0.5, 0.6) is 5.75 Å². The Labute approximate surface area is 131 Å². The van der Waals surface area contributed by atoms with Crippen LogP contribution in [-0.4, -0.2) is 44.9 Å². The van der Waals surface area contributed by atoms with E-state index in [9.17, 15) is 13.2 Å². The summed E-state index contributed by atoms with van der Waals surface area (Å²) in [4.78, 5) is 11.8. The zero-order valence-corrected chi connectivity index (χ0v) is 14.1. The summed E-state index contributed by atoms with van der Waals surface area (Å²) in [5.41, 5.74) is 0.574. The summed E-state index contributed by atoms with van der Waals surface area (Å²) in [7, 11) is -2.20. The lowest BCUT2D eigenvalue weighted by molar-refractivity contribution is -0.115. The van der Waals surface area contributed by atoms with Gasteiger partial charge in [-0.25, -0.2) is 0 Å². The largest absolute Gasteiger partial charge is 0.494 e. The molecule has 0 aliphatic rings. The average Bonchev–Trinajstić information content (AvgIpc) is 2.46. The molecule has 0 aromatic heterocycles. The molecule has 7 nitrogen and oxygen atoms in total. The Morgan fingerprint density at radius 1 is 1.27 bits per heavy atom. The number of carbonyl (C=O) groups is 1. The maximum atomic E-state index is 11.9. The normalized spacial score (nSPS) is 11.7. The molecule has 0 unspecified atom stereocenters. The van der Waals surface area contributed by atoms with Crippen LogP contribution >= 0.6 is 0 Å². The number of hydrogen-bond acceptors (Lipinski definition) is 4. The quantitative estimate of drug-likeness (QED) is 0.750. The highest BCUT2D eigenvalue weighted by Crippen LogP contribution is 2.15. The molecule has 2 N–H and O–H groups in total. The molecule has 0 aliphatic heterocycles. The van der Waals surface area contributed by atoms with E-state index in [0.717, 1.165) is 4.31 Å². The molecule has 8 heteroatoms. The number of nitrogens with one attached hydrogen (secondary N) is 2. The molecule has 1 rings (SSSR count). The van der Waals surface area contributed by atoms with E-state index in [1.807, 2.05) is 6.92 Å². The Kier molecular flexibility index (Phi) is 6.79. The van der Waals surface area contributed by atoms with Gasteiger partial charge in [0.05, 0.1) is 13.2 Å². The minimum absolute atomic E-state index is 0.188. The van der Waals surface area contributed by atoms with Gasteiger partial charge in [0.1, 0.15) is 5.75 Å². The fourth-order valence-electron chi connectivity index (χ4n) is 1.54. The SMILES string of the molecule is CCOc1ccc(NC(=O)CNS(=O)(=O)N(C)C(C)C)cc1. The number of anilines is 1. The molecule has 0 radical (unpaired) electrons. The monoisotopic (exact) mass is 329 g/mol. The van der Waals surface area contributed by atoms with E-state index in [-0.39, 0.29) is 12.6 Å². The summed E-state index contributed by atoms with van der Waals surface area (Å²) in [6.07, 6.45) is 0. The van der Waals surface area contributed by atoms with Crippen LogP contribution in [0.25, 0.3) is 0 Å². The van der Waals surface area contributed by atoms with Gasteiger partial charge in [-0.1, -0.05) is 0 Å². The van der Waals surface area contributed by atoms with Crippen molar-refractivity contribution in [3.63, 3.8) is 0 Å². The predicted molar refractivity (Wildman–Crippen MR) is 86.1 cm³/mol. The van der Waals surface area contributed by atoms with Gasteiger partial charge in [0, 0.05) is 18.8 Å². The molecule has 0 bridgehead atoms. The minimum Gasteiger partial charge on any atom is -0.494 e. The first-order valence-corrected chi connectivity index (χ1v) is 8.45. The van der Waals surface area contributed by atoms with Gasteiger partial charge < -0.3 is 10.1 Å². The molecule has 0 atom stereocenters. The first-order valence-electron chi connectivity index (χ1n) is 7.01. The lowest BCUT2D eigenvalue weighted by Crippen LogP contribution is -2.44. The number of hydrogen-bond donors (Lipinski definition) is 2. The van der Waals surface area contributed by atoms with Crippen molar-refractivity contribution < 1.29 is 17.9 Å². The highest BCUT2D eigenvalue weighted by atomic mass is 32.2. The van der Waals surface area contributed by atoms with Crippen molar-refractivity contribution in [2.75, 3.05) is 25.5 Å². The van der Waals surface area contributed by atoms with Crippen LogP contribution in [0.4, 0.5) is 5.69 Å². The maximum absolute atomic E-state index is 11.9.